The number of carbonyl (C=O) groups is 1. The molecule has 39 heavy (non-hydrogen) atoms. The monoisotopic (exact) mass is 549 g/mol. The van der Waals surface area contributed by atoms with Crippen LogP contribution in [0.1, 0.15) is 87.9 Å². The van der Waals surface area contributed by atoms with Crippen LogP contribution in [-0.2, 0) is 20.2 Å². The summed E-state index contributed by atoms with van der Waals surface area (Å²) in [7, 11) is -3.89. The molecule has 0 fully saturated rings. The summed E-state index contributed by atoms with van der Waals surface area (Å²) < 4.78 is 41.2. The number of anilines is 1. The summed E-state index contributed by atoms with van der Waals surface area (Å²) >= 11 is 0. The van der Waals surface area contributed by atoms with Gasteiger partial charge in [-0.2, -0.15) is 0 Å². The van der Waals surface area contributed by atoms with Crippen LogP contribution >= 0.6 is 0 Å². The Labute approximate surface area is 231 Å². The highest BCUT2D eigenvalue weighted by molar-refractivity contribution is 7.92. The smallest absolute Gasteiger partial charge is 0.342 e. The van der Waals surface area contributed by atoms with E-state index in [4.69, 9.17) is 9.15 Å². The molecule has 7 heteroatoms. The summed E-state index contributed by atoms with van der Waals surface area (Å²) in [5, 5.41) is 1.93. The molecule has 0 amide bonds. The first-order valence-corrected chi connectivity index (χ1v) is 15.3. The van der Waals surface area contributed by atoms with Crippen molar-refractivity contribution >= 4 is 43.4 Å². The van der Waals surface area contributed by atoms with Crippen LogP contribution in [0.3, 0.4) is 0 Å². The number of nitrogens with one attached hydrogen (secondary N) is 1. The molecule has 0 saturated carbocycles. The van der Waals surface area contributed by atoms with E-state index in [1.165, 1.54) is 19.3 Å². The first-order chi connectivity index (χ1) is 18.5. The van der Waals surface area contributed by atoms with Crippen molar-refractivity contribution < 1.29 is 22.4 Å². The number of unbranched alkanes of at least 4 members (excludes halogenated alkanes) is 5. The van der Waals surface area contributed by atoms with Crippen LogP contribution in [0.4, 0.5) is 5.69 Å². The number of sulfonamides is 1. The maximum atomic E-state index is 13.4. The zero-order chi connectivity index (χ0) is 28.2. The van der Waals surface area contributed by atoms with Gasteiger partial charge in [-0.15, -0.1) is 0 Å². The lowest BCUT2D eigenvalue weighted by Gasteiger charge is -2.19. The first-order valence-electron chi connectivity index (χ1n) is 13.8. The Morgan fingerprint density at radius 1 is 0.897 bits per heavy atom. The lowest BCUT2D eigenvalue weighted by molar-refractivity contribution is 0.0497. The number of hydrogen-bond donors (Lipinski definition) is 1. The number of carbonyl (C=O) groups excluding carboxylic acids is 1. The summed E-state index contributed by atoms with van der Waals surface area (Å²) in [5.74, 6) is -0.0115. The third-order valence-corrected chi connectivity index (χ3v) is 8.46. The van der Waals surface area contributed by atoms with E-state index in [2.05, 4.69) is 32.4 Å². The van der Waals surface area contributed by atoms with Crippen LogP contribution in [-0.4, -0.2) is 21.0 Å². The van der Waals surface area contributed by atoms with E-state index in [1.807, 2.05) is 36.4 Å². The minimum absolute atomic E-state index is 0.0871. The van der Waals surface area contributed by atoms with Crippen LogP contribution in [0, 0.1) is 6.92 Å². The minimum atomic E-state index is -3.89. The summed E-state index contributed by atoms with van der Waals surface area (Å²) in [4.78, 5) is 13.3. The third kappa shape index (κ3) is 6.47. The molecule has 0 bridgehead atoms. The van der Waals surface area contributed by atoms with Gasteiger partial charge in [-0.05, 0) is 42.5 Å². The highest BCUT2D eigenvalue weighted by Gasteiger charge is 2.24. The second-order valence-electron chi connectivity index (χ2n) is 11.2. The molecule has 4 rings (SSSR count). The van der Waals surface area contributed by atoms with E-state index < -0.39 is 16.0 Å². The quantitative estimate of drug-likeness (QED) is 0.150. The Kier molecular flexibility index (Phi) is 8.70. The third-order valence-electron chi connectivity index (χ3n) is 7.08. The summed E-state index contributed by atoms with van der Waals surface area (Å²) in [6.07, 6.45) is 6.58. The molecule has 1 aromatic heterocycles. The topological polar surface area (TPSA) is 85.6 Å². The summed E-state index contributed by atoms with van der Waals surface area (Å²) in [6.45, 7) is 10.5. The molecule has 0 aliphatic rings. The van der Waals surface area contributed by atoms with Gasteiger partial charge in [0.2, 0.25) is 0 Å². The average Bonchev–Trinajstić information content (AvgIpc) is 3.23. The molecule has 0 unspecified atom stereocenters. The molecular formula is C32H39NO5S. The average molecular weight is 550 g/mol. The number of hydrogen-bond acceptors (Lipinski definition) is 5. The fourth-order valence-corrected chi connectivity index (χ4v) is 5.90. The lowest BCUT2D eigenvalue weighted by Crippen LogP contribution is -2.15. The number of esters is 1. The van der Waals surface area contributed by atoms with Crippen LogP contribution < -0.4 is 4.72 Å². The van der Waals surface area contributed by atoms with Gasteiger partial charge < -0.3 is 9.15 Å². The molecule has 0 saturated heterocycles. The standard InChI is InChI=1S/C32H39NO5S/c1-6-7-8-9-10-13-20-37-31(34)29-22(2)38-30-26-15-12-11-14-25(26)28(21-27(29)30)33-39(35,36)24-18-16-23(17-19-24)32(3,4)5/h11-12,14-19,21,33H,6-10,13,20H2,1-5H3. The molecule has 0 spiro atoms. The van der Waals surface area contributed by atoms with Crippen LogP contribution in [0.25, 0.3) is 21.7 Å². The Balaban J connectivity index is 1.65. The fourth-order valence-electron chi connectivity index (χ4n) is 4.83. The number of rotatable bonds is 11. The van der Waals surface area contributed by atoms with E-state index >= 15 is 0 Å². The molecule has 0 radical (unpaired) electrons. The van der Waals surface area contributed by atoms with E-state index in [1.54, 1.807) is 25.1 Å². The van der Waals surface area contributed by atoms with Gasteiger partial charge in [0, 0.05) is 16.2 Å². The van der Waals surface area contributed by atoms with Crippen molar-refractivity contribution in [1.29, 1.82) is 0 Å². The number of ether oxygens (including phenoxy) is 1. The molecule has 0 atom stereocenters. The molecule has 208 valence electrons. The maximum absolute atomic E-state index is 13.4. The SMILES string of the molecule is CCCCCCCCOC(=O)c1c(C)oc2c1cc(NS(=O)(=O)c1ccc(C(C)(C)C)cc1)c1ccccc12. The van der Waals surface area contributed by atoms with Crippen molar-refractivity contribution in [3.63, 3.8) is 0 Å². The largest absolute Gasteiger partial charge is 0.462 e. The minimum Gasteiger partial charge on any atom is -0.462 e. The molecular weight excluding hydrogens is 510 g/mol. The molecule has 0 aliphatic heterocycles. The van der Waals surface area contributed by atoms with Gasteiger partial charge in [-0.1, -0.05) is 96.2 Å². The van der Waals surface area contributed by atoms with Gasteiger partial charge >= 0.3 is 5.97 Å². The summed E-state index contributed by atoms with van der Waals surface area (Å²) in [5.41, 5.74) is 2.20. The van der Waals surface area contributed by atoms with Crippen LogP contribution in [0.15, 0.2) is 63.9 Å². The van der Waals surface area contributed by atoms with Crippen molar-refractivity contribution in [3.8, 4) is 0 Å². The number of aryl methyl sites for hydroxylation is 1. The molecule has 0 aliphatic carbocycles. The zero-order valence-electron chi connectivity index (χ0n) is 23.6. The highest BCUT2D eigenvalue weighted by Crippen LogP contribution is 2.38. The second kappa shape index (κ2) is 11.8. The molecule has 4 aromatic rings. The predicted octanol–water partition coefficient (Wildman–Crippen LogP) is 8.51. The molecule has 1 heterocycles. The first kappa shape index (κ1) is 28.7. The Bertz CT molecular complexity index is 1560. The van der Waals surface area contributed by atoms with E-state index in [-0.39, 0.29) is 10.3 Å². The van der Waals surface area contributed by atoms with Gasteiger partial charge in [0.15, 0.2) is 0 Å². The van der Waals surface area contributed by atoms with Gasteiger partial charge in [0.25, 0.3) is 10.0 Å². The van der Waals surface area contributed by atoms with E-state index in [0.717, 1.165) is 24.8 Å². The molecule has 6 nitrogen and oxygen atoms in total. The van der Waals surface area contributed by atoms with Crippen molar-refractivity contribution in [3.05, 3.63) is 71.5 Å². The number of benzene rings is 3. The van der Waals surface area contributed by atoms with Gasteiger partial charge in [0.1, 0.15) is 16.9 Å². The molecule has 3 aromatic carbocycles. The second-order valence-corrected chi connectivity index (χ2v) is 12.8. The van der Waals surface area contributed by atoms with E-state index in [9.17, 15) is 13.2 Å². The van der Waals surface area contributed by atoms with Crippen molar-refractivity contribution in [2.45, 2.75) is 83.5 Å². The fraction of sp³-hybridized carbons (Fsp3) is 0.406. The van der Waals surface area contributed by atoms with Crippen LogP contribution in [0.5, 0.6) is 0 Å². The molecule has 1 N–H and O–H groups in total. The Morgan fingerprint density at radius 2 is 1.54 bits per heavy atom. The predicted molar refractivity (Wildman–Crippen MR) is 158 cm³/mol. The van der Waals surface area contributed by atoms with E-state index in [0.29, 0.717) is 45.4 Å². The van der Waals surface area contributed by atoms with Gasteiger partial charge in [-0.3, -0.25) is 4.72 Å². The Morgan fingerprint density at radius 3 is 2.21 bits per heavy atom. The van der Waals surface area contributed by atoms with Crippen LogP contribution in [0.2, 0.25) is 0 Å². The van der Waals surface area contributed by atoms with Gasteiger partial charge in [-0.25, -0.2) is 13.2 Å². The lowest BCUT2D eigenvalue weighted by atomic mass is 9.87. The normalized spacial score (nSPS) is 12.2. The van der Waals surface area contributed by atoms with Crippen molar-refractivity contribution in [2.75, 3.05) is 11.3 Å². The summed E-state index contributed by atoms with van der Waals surface area (Å²) in [6, 6.07) is 16.0. The number of furan rings is 1. The number of fused-ring (bicyclic) bond motifs is 3. The van der Waals surface area contributed by atoms with Gasteiger partial charge in [0.05, 0.1) is 17.2 Å². The zero-order valence-corrected chi connectivity index (χ0v) is 24.4. The highest BCUT2D eigenvalue weighted by atomic mass is 32.2. The Hall–Kier alpha value is -3.32. The van der Waals surface area contributed by atoms with Crippen molar-refractivity contribution in [1.82, 2.24) is 0 Å². The van der Waals surface area contributed by atoms with Crippen molar-refractivity contribution in [2.24, 2.45) is 0 Å². The maximum Gasteiger partial charge on any atom is 0.342 e.